The van der Waals surface area contributed by atoms with Gasteiger partial charge in [0.1, 0.15) is 5.75 Å². The van der Waals surface area contributed by atoms with Crippen molar-refractivity contribution < 1.29 is 19.1 Å². The van der Waals surface area contributed by atoms with Crippen LogP contribution in [0.3, 0.4) is 0 Å². The third-order valence-electron chi connectivity index (χ3n) is 5.89. The molecule has 1 aromatic heterocycles. The minimum Gasteiger partial charge on any atom is -0.463 e. The number of aryl methyl sites for hydroxylation is 1. The van der Waals surface area contributed by atoms with Crippen LogP contribution in [0.5, 0.6) is 5.75 Å². The molecule has 5 heteroatoms. The van der Waals surface area contributed by atoms with E-state index in [4.69, 9.17) is 9.47 Å². The van der Waals surface area contributed by atoms with E-state index in [1.54, 1.807) is 19.2 Å². The highest BCUT2D eigenvalue weighted by molar-refractivity contribution is 5.84. The number of hydrogen-bond donors (Lipinski definition) is 0. The van der Waals surface area contributed by atoms with Crippen LogP contribution in [0.1, 0.15) is 90.5 Å². The lowest BCUT2D eigenvalue weighted by Crippen LogP contribution is -2.14. The highest BCUT2D eigenvalue weighted by Gasteiger charge is 2.08. The fourth-order valence-electron chi connectivity index (χ4n) is 3.74. The Morgan fingerprint density at radius 2 is 1.66 bits per heavy atom. The maximum atomic E-state index is 12.0. The van der Waals surface area contributed by atoms with Crippen molar-refractivity contribution in [2.24, 2.45) is 0 Å². The number of aromatic nitrogens is 1. The highest BCUT2D eigenvalue weighted by atomic mass is 16.5. The van der Waals surface area contributed by atoms with Gasteiger partial charge in [-0.2, -0.15) is 0 Å². The number of carbonyl (C=O) groups excluding carboxylic acids is 2. The number of carbonyl (C=O) groups is 2. The first kappa shape index (κ1) is 28.3. The SMILES string of the molecule is CCCCCCCCC/C=C\C(=O)Oc1ccc(-c2ccc(CCC(C)OC(=O)CC)cc2)nc1. The molecule has 190 valence electrons. The lowest BCUT2D eigenvalue weighted by molar-refractivity contribution is -0.148. The number of unbranched alkanes of at least 4 members (excludes halogenated alkanes) is 7. The number of allylic oxidation sites excluding steroid dienone is 1. The molecular weight excluding hydrogens is 438 g/mol. The van der Waals surface area contributed by atoms with E-state index in [0.717, 1.165) is 36.9 Å². The van der Waals surface area contributed by atoms with Gasteiger partial charge in [0, 0.05) is 18.1 Å². The van der Waals surface area contributed by atoms with E-state index in [1.807, 2.05) is 31.2 Å². The van der Waals surface area contributed by atoms with Gasteiger partial charge in [-0.05, 0) is 50.3 Å². The van der Waals surface area contributed by atoms with Crippen LogP contribution in [0.15, 0.2) is 54.7 Å². The molecule has 0 bridgehead atoms. The van der Waals surface area contributed by atoms with Crippen molar-refractivity contribution in [1.82, 2.24) is 4.98 Å². The number of rotatable bonds is 16. The Kier molecular flexibility index (Phi) is 13.4. The van der Waals surface area contributed by atoms with Gasteiger partial charge in [0.05, 0.1) is 18.0 Å². The summed E-state index contributed by atoms with van der Waals surface area (Å²) in [5.74, 6) is -0.0928. The van der Waals surface area contributed by atoms with Gasteiger partial charge in [-0.15, -0.1) is 0 Å². The van der Waals surface area contributed by atoms with Gasteiger partial charge in [0.2, 0.25) is 0 Å². The lowest BCUT2D eigenvalue weighted by Gasteiger charge is -2.12. The summed E-state index contributed by atoms with van der Waals surface area (Å²) in [7, 11) is 0. The Bertz CT molecular complexity index is 903. The van der Waals surface area contributed by atoms with E-state index in [1.165, 1.54) is 50.2 Å². The molecule has 0 fully saturated rings. The third-order valence-corrected chi connectivity index (χ3v) is 5.89. The maximum absolute atomic E-state index is 12.0. The second-order valence-corrected chi connectivity index (χ2v) is 9.00. The number of pyridine rings is 1. The van der Waals surface area contributed by atoms with Crippen molar-refractivity contribution in [3.05, 3.63) is 60.3 Å². The summed E-state index contributed by atoms with van der Waals surface area (Å²) in [6.45, 7) is 5.95. The molecule has 0 amide bonds. The van der Waals surface area contributed by atoms with Gasteiger partial charge in [0.15, 0.2) is 0 Å². The van der Waals surface area contributed by atoms with Gasteiger partial charge < -0.3 is 9.47 Å². The molecule has 0 saturated carbocycles. The summed E-state index contributed by atoms with van der Waals surface area (Å²) in [4.78, 5) is 27.8. The van der Waals surface area contributed by atoms with Crippen molar-refractivity contribution in [1.29, 1.82) is 0 Å². The largest absolute Gasteiger partial charge is 0.463 e. The van der Waals surface area contributed by atoms with Crippen molar-refractivity contribution in [2.45, 2.75) is 97.5 Å². The molecule has 1 aromatic carbocycles. The van der Waals surface area contributed by atoms with Gasteiger partial charge in [-0.3, -0.25) is 9.78 Å². The van der Waals surface area contributed by atoms with Crippen molar-refractivity contribution in [2.75, 3.05) is 0 Å². The van der Waals surface area contributed by atoms with Gasteiger partial charge in [0.25, 0.3) is 0 Å². The highest BCUT2D eigenvalue weighted by Crippen LogP contribution is 2.21. The molecule has 0 aliphatic carbocycles. The first-order valence-electron chi connectivity index (χ1n) is 13.1. The minimum atomic E-state index is -0.370. The zero-order valence-electron chi connectivity index (χ0n) is 21.6. The summed E-state index contributed by atoms with van der Waals surface area (Å²) in [6, 6.07) is 11.8. The fourth-order valence-corrected chi connectivity index (χ4v) is 3.74. The molecule has 2 aromatic rings. The minimum absolute atomic E-state index is 0.0887. The molecule has 0 radical (unpaired) electrons. The number of benzene rings is 1. The quantitative estimate of drug-likeness (QED) is 0.141. The normalized spacial score (nSPS) is 12.0. The molecule has 0 saturated heterocycles. The van der Waals surface area contributed by atoms with E-state index in [2.05, 4.69) is 24.0 Å². The lowest BCUT2D eigenvalue weighted by atomic mass is 10.0. The Morgan fingerprint density at radius 1 is 0.943 bits per heavy atom. The molecule has 0 aliphatic rings. The number of hydrogen-bond acceptors (Lipinski definition) is 5. The van der Waals surface area contributed by atoms with Crippen LogP contribution in [0, 0.1) is 0 Å². The standard InChI is InChI=1S/C30H41NO4/c1-4-6-7-8-9-10-11-12-13-14-30(33)35-27-21-22-28(31-23-27)26-19-17-25(18-20-26)16-15-24(3)34-29(32)5-2/h13-14,17-24H,4-12,15-16H2,1-3H3/b14-13-. The second-order valence-electron chi connectivity index (χ2n) is 9.00. The van der Waals surface area contributed by atoms with E-state index < -0.39 is 0 Å². The molecule has 35 heavy (non-hydrogen) atoms. The van der Waals surface area contributed by atoms with Crippen LogP contribution < -0.4 is 4.74 Å². The summed E-state index contributed by atoms with van der Waals surface area (Å²) in [6.07, 6.45) is 16.7. The summed E-state index contributed by atoms with van der Waals surface area (Å²) >= 11 is 0. The van der Waals surface area contributed by atoms with E-state index in [0.29, 0.717) is 12.2 Å². The van der Waals surface area contributed by atoms with Crippen LogP contribution in [0.2, 0.25) is 0 Å². The first-order chi connectivity index (χ1) is 17.0. The topological polar surface area (TPSA) is 65.5 Å². The van der Waals surface area contributed by atoms with E-state index in [-0.39, 0.29) is 18.0 Å². The van der Waals surface area contributed by atoms with Crippen molar-refractivity contribution >= 4 is 11.9 Å². The predicted octanol–water partition coefficient (Wildman–Crippen LogP) is 7.63. The Balaban J connectivity index is 1.72. The first-order valence-corrected chi connectivity index (χ1v) is 13.1. The zero-order chi connectivity index (χ0) is 25.3. The molecular formula is C30H41NO4. The molecule has 0 N–H and O–H groups in total. The van der Waals surface area contributed by atoms with Gasteiger partial charge in [-0.1, -0.05) is 82.7 Å². The predicted molar refractivity (Wildman–Crippen MR) is 141 cm³/mol. The molecule has 1 heterocycles. The van der Waals surface area contributed by atoms with Crippen LogP contribution in [0.25, 0.3) is 11.3 Å². The van der Waals surface area contributed by atoms with Crippen LogP contribution >= 0.6 is 0 Å². The van der Waals surface area contributed by atoms with E-state index in [9.17, 15) is 9.59 Å². The summed E-state index contributed by atoms with van der Waals surface area (Å²) < 4.78 is 10.7. The molecule has 1 atom stereocenters. The smallest absolute Gasteiger partial charge is 0.335 e. The van der Waals surface area contributed by atoms with Crippen molar-refractivity contribution in [3.63, 3.8) is 0 Å². The number of ether oxygens (including phenoxy) is 2. The fraction of sp³-hybridized carbons (Fsp3) is 0.500. The molecule has 0 spiro atoms. The molecule has 2 rings (SSSR count). The van der Waals surface area contributed by atoms with Crippen LogP contribution in [-0.2, 0) is 20.7 Å². The number of nitrogens with zero attached hydrogens (tertiary/aromatic N) is 1. The maximum Gasteiger partial charge on any atom is 0.335 e. The summed E-state index contributed by atoms with van der Waals surface area (Å²) in [5, 5.41) is 0. The Hall–Kier alpha value is -2.95. The number of esters is 2. The van der Waals surface area contributed by atoms with Crippen LogP contribution in [-0.4, -0.2) is 23.0 Å². The average molecular weight is 480 g/mol. The van der Waals surface area contributed by atoms with Crippen molar-refractivity contribution in [3.8, 4) is 17.0 Å². The third kappa shape index (κ3) is 11.8. The zero-order valence-corrected chi connectivity index (χ0v) is 21.6. The monoisotopic (exact) mass is 479 g/mol. The summed E-state index contributed by atoms with van der Waals surface area (Å²) in [5.41, 5.74) is 2.99. The molecule has 5 nitrogen and oxygen atoms in total. The molecule has 0 aliphatic heterocycles. The Morgan fingerprint density at radius 3 is 2.31 bits per heavy atom. The van der Waals surface area contributed by atoms with E-state index >= 15 is 0 Å². The van der Waals surface area contributed by atoms with Gasteiger partial charge in [-0.25, -0.2) is 4.79 Å². The average Bonchev–Trinajstić information content (AvgIpc) is 2.87. The van der Waals surface area contributed by atoms with Crippen LogP contribution in [0.4, 0.5) is 0 Å². The van der Waals surface area contributed by atoms with Gasteiger partial charge >= 0.3 is 11.9 Å². The molecule has 1 unspecified atom stereocenters. The Labute approximate surface area is 211 Å². The second kappa shape index (κ2) is 16.6.